The van der Waals surface area contributed by atoms with E-state index in [1.54, 1.807) is 0 Å². The van der Waals surface area contributed by atoms with Crippen molar-refractivity contribution >= 4 is 0 Å². The predicted octanol–water partition coefficient (Wildman–Crippen LogP) is 3.61. The van der Waals surface area contributed by atoms with Gasteiger partial charge in [-0.1, -0.05) is 13.3 Å². The van der Waals surface area contributed by atoms with E-state index in [1.807, 2.05) is 0 Å². The fourth-order valence-electron chi connectivity index (χ4n) is 4.75. The van der Waals surface area contributed by atoms with E-state index in [-0.39, 0.29) is 5.72 Å². The van der Waals surface area contributed by atoms with E-state index in [0.717, 1.165) is 5.92 Å². The molecule has 0 atom stereocenters. The second-order valence-electron chi connectivity index (χ2n) is 7.43. The molecule has 0 radical (unpaired) electrons. The largest absolute Gasteiger partial charge is 0.354 e. The van der Waals surface area contributed by atoms with Crippen LogP contribution >= 0.6 is 0 Å². The Hall–Kier alpha value is -0.0800. The molecule has 4 fully saturated rings. The molecule has 1 heterocycles. The lowest BCUT2D eigenvalue weighted by Gasteiger charge is -2.59. The van der Waals surface area contributed by atoms with E-state index in [1.165, 1.54) is 70.8 Å². The summed E-state index contributed by atoms with van der Waals surface area (Å²) in [5, 5.41) is 3.83. The summed E-state index contributed by atoms with van der Waals surface area (Å²) in [6.45, 7) is 3.58. The van der Waals surface area contributed by atoms with E-state index >= 15 is 0 Å². The number of rotatable bonds is 1. The third-order valence-electron chi connectivity index (χ3n) is 6.61. The highest BCUT2D eigenvalue weighted by molar-refractivity contribution is 5.17. The topological polar surface area (TPSA) is 21.3 Å². The van der Waals surface area contributed by atoms with Crippen LogP contribution in [-0.4, -0.2) is 17.9 Å². The Bertz CT molecular complexity index is 335. The van der Waals surface area contributed by atoms with E-state index < -0.39 is 0 Å². The first kappa shape index (κ1) is 11.7. The maximum atomic E-state index is 6.80. The lowest BCUT2D eigenvalue weighted by molar-refractivity contribution is -0.275. The van der Waals surface area contributed by atoms with Crippen LogP contribution in [0.25, 0.3) is 0 Å². The Balaban J connectivity index is 1.51. The zero-order valence-corrected chi connectivity index (χ0v) is 11.8. The van der Waals surface area contributed by atoms with Crippen molar-refractivity contribution in [2.45, 2.75) is 82.5 Å². The summed E-state index contributed by atoms with van der Waals surface area (Å²) in [6.07, 6.45) is 13.5. The molecular formula is C16H27NO. The molecule has 4 aliphatic rings. The molecule has 0 aromatic carbocycles. The van der Waals surface area contributed by atoms with Gasteiger partial charge in [-0.05, 0) is 63.7 Å². The van der Waals surface area contributed by atoms with Crippen LogP contribution in [0.4, 0.5) is 0 Å². The number of fused-ring (bicyclic) bond motifs is 1. The van der Waals surface area contributed by atoms with Crippen LogP contribution in [0.2, 0.25) is 0 Å². The van der Waals surface area contributed by atoms with Gasteiger partial charge in [0.1, 0.15) is 5.72 Å². The lowest BCUT2D eigenvalue weighted by Crippen LogP contribution is -2.68. The number of ether oxygens (including phenoxy) is 1. The molecule has 0 unspecified atom stereocenters. The van der Waals surface area contributed by atoms with Gasteiger partial charge in [0.2, 0.25) is 0 Å². The second-order valence-corrected chi connectivity index (χ2v) is 7.43. The van der Waals surface area contributed by atoms with Gasteiger partial charge in [0.25, 0.3) is 0 Å². The van der Waals surface area contributed by atoms with E-state index in [2.05, 4.69) is 12.2 Å². The molecule has 0 bridgehead atoms. The molecule has 4 rings (SSSR count). The van der Waals surface area contributed by atoms with Crippen LogP contribution in [0, 0.1) is 11.3 Å². The van der Waals surface area contributed by atoms with Crippen molar-refractivity contribution in [3.05, 3.63) is 0 Å². The molecule has 1 aliphatic heterocycles. The molecule has 3 spiro atoms. The highest BCUT2D eigenvalue weighted by Crippen LogP contribution is 2.66. The smallest absolute Gasteiger partial charge is 0.120 e. The normalized spacial score (nSPS) is 44.2. The monoisotopic (exact) mass is 249 g/mol. The summed E-state index contributed by atoms with van der Waals surface area (Å²) in [5.74, 6) is 0.954. The molecule has 2 nitrogen and oxygen atoms in total. The Kier molecular flexibility index (Phi) is 2.43. The van der Waals surface area contributed by atoms with Gasteiger partial charge < -0.3 is 4.74 Å². The summed E-state index contributed by atoms with van der Waals surface area (Å²) in [7, 11) is 0. The minimum atomic E-state index is 0.0694. The molecular weight excluding hydrogens is 222 g/mol. The van der Waals surface area contributed by atoms with Gasteiger partial charge in [0.15, 0.2) is 0 Å². The molecule has 0 amide bonds. The van der Waals surface area contributed by atoms with Crippen LogP contribution in [0.5, 0.6) is 0 Å². The van der Waals surface area contributed by atoms with Gasteiger partial charge in [0, 0.05) is 12.0 Å². The van der Waals surface area contributed by atoms with Crippen molar-refractivity contribution in [2.24, 2.45) is 11.3 Å². The Morgan fingerprint density at radius 2 is 1.78 bits per heavy atom. The van der Waals surface area contributed by atoms with Gasteiger partial charge >= 0.3 is 0 Å². The minimum absolute atomic E-state index is 0.0694. The summed E-state index contributed by atoms with van der Waals surface area (Å²) < 4.78 is 6.80. The molecule has 18 heavy (non-hydrogen) atoms. The molecule has 0 aromatic rings. The van der Waals surface area contributed by atoms with Crippen molar-refractivity contribution in [1.82, 2.24) is 5.32 Å². The minimum Gasteiger partial charge on any atom is -0.354 e. The van der Waals surface area contributed by atoms with Crippen molar-refractivity contribution in [1.29, 1.82) is 0 Å². The molecule has 1 saturated heterocycles. The van der Waals surface area contributed by atoms with E-state index in [0.29, 0.717) is 11.0 Å². The maximum Gasteiger partial charge on any atom is 0.120 e. The molecule has 1 N–H and O–H groups in total. The molecule has 3 saturated carbocycles. The molecule has 102 valence electrons. The summed E-state index contributed by atoms with van der Waals surface area (Å²) >= 11 is 0. The number of hydrogen-bond donors (Lipinski definition) is 1. The first-order valence-corrected chi connectivity index (χ1v) is 8.17. The van der Waals surface area contributed by atoms with Crippen molar-refractivity contribution < 1.29 is 4.74 Å². The first-order valence-electron chi connectivity index (χ1n) is 8.17. The van der Waals surface area contributed by atoms with Crippen molar-refractivity contribution in [2.75, 3.05) is 6.54 Å². The van der Waals surface area contributed by atoms with Crippen LogP contribution < -0.4 is 5.32 Å². The molecule has 2 heteroatoms. The van der Waals surface area contributed by atoms with E-state index in [9.17, 15) is 0 Å². The highest BCUT2D eigenvalue weighted by Gasteiger charge is 2.67. The highest BCUT2D eigenvalue weighted by atomic mass is 16.5. The average molecular weight is 249 g/mol. The average Bonchev–Trinajstić information content (AvgIpc) is 3.13. The summed E-state index contributed by atoms with van der Waals surface area (Å²) in [6, 6.07) is 0. The Morgan fingerprint density at radius 3 is 2.28 bits per heavy atom. The fraction of sp³-hybridized carbons (Fsp3) is 1.00. The van der Waals surface area contributed by atoms with Crippen LogP contribution in [0.15, 0.2) is 0 Å². The van der Waals surface area contributed by atoms with Crippen molar-refractivity contribution in [3.8, 4) is 0 Å². The van der Waals surface area contributed by atoms with Gasteiger partial charge in [-0.2, -0.15) is 0 Å². The fourth-order valence-corrected chi connectivity index (χ4v) is 4.75. The third kappa shape index (κ3) is 1.48. The standard InChI is InChI=1S/C16H27NO/c1-2-13-4-8-16(9-5-13)17-12-14(10-11-14)15(18-16)6-3-7-15/h13,17H,2-12H2,1H3. The lowest BCUT2D eigenvalue weighted by atomic mass is 9.66. The number of nitrogens with one attached hydrogen (secondary N) is 1. The quantitative estimate of drug-likeness (QED) is 0.766. The second kappa shape index (κ2) is 3.73. The Morgan fingerprint density at radius 1 is 1.06 bits per heavy atom. The van der Waals surface area contributed by atoms with Crippen LogP contribution in [-0.2, 0) is 4.74 Å². The van der Waals surface area contributed by atoms with Crippen LogP contribution in [0.3, 0.4) is 0 Å². The zero-order chi connectivity index (χ0) is 12.3. The number of hydrogen-bond acceptors (Lipinski definition) is 2. The summed E-state index contributed by atoms with van der Waals surface area (Å²) in [4.78, 5) is 0. The van der Waals surface area contributed by atoms with Gasteiger partial charge in [-0.3, -0.25) is 5.32 Å². The van der Waals surface area contributed by atoms with Gasteiger partial charge in [-0.15, -0.1) is 0 Å². The zero-order valence-electron chi connectivity index (χ0n) is 11.8. The van der Waals surface area contributed by atoms with Crippen LogP contribution in [0.1, 0.15) is 71.1 Å². The van der Waals surface area contributed by atoms with Crippen molar-refractivity contribution in [3.63, 3.8) is 0 Å². The molecule has 0 aromatic heterocycles. The van der Waals surface area contributed by atoms with E-state index in [4.69, 9.17) is 4.74 Å². The van der Waals surface area contributed by atoms with Gasteiger partial charge in [-0.25, -0.2) is 0 Å². The Labute approximate surface area is 111 Å². The third-order valence-corrected chi connectivity index (χ3v) is 6.61. The van der Waals surface area contributed by atoms with Gasteiger partial charge in [0.05, 0.1) is 5.60 Å². The molecule has 3 aliphatic carbocycles. The predicted molar refractivity (Wildman–Crippen MR) is 72.3 cm³/mol. The first-order chi connectivity index (χ1) is 8.72. The summed E-state index contributed by atoms with van der Waals surface area (Å²) in [5.41, 5.74) is 0.926. The SMILES string of the molecule is CCC1CCC2(CC1)NCC1(CC1)C1(CCC1)O2. The maximum absolute atomic E-state index is 6.80.